The van der Waals surface area contributed by atoms with Crippen LogP contribution in [0.2, 0.25) is 0 Å². The molecule has 0 aromatic rings. The molecule has 7 heteroatoms. The van der Waals surface area contributed by atoms with Crippen molar-refractivity contribution in [1.29, 1.82) is 0 Å². The molecule has 0 aromatic carbocycles. The van der Waals surface area contributed by atoms with Crippen molar-refractivity contribution < 1.29 is 13.2 Å². The van der Waals surface area contributed by atoms with Crippen molar-refractivity contribution in [3.63, 3.8) is 0 Å². The van der Waals surface area contributed by atoms with E-state index < -0.39 is 9.84 Å². The number of carbonyl (C=O) groups excluding carboxylic acids is 1. The lowest BCUT2D eigenvalue weighted by molar-refractivity contribution is -0.121. The number of nitrogens with two attached hydrogens (primary N) is 1. The van der Waals surface area contributed by atoms with Crippen LogP contribution >= 0.6 is 12.4 Å². The summed E-state index contributed by atoms with van der Waals surface area (Å²) in [6, 6.07) is -0.192. The number of rotatable bonds is 7. The van der Waals surface area contributed by atoms with Crippen LogP contribution in [-0.2, 0) is 14.6 Å². The van der Waals surface area contributed by atoms with Gasteiger partial charge in [-0.3, -0.25) is 4.79 Å². The van der Waals surface area contributed by atoms with E-state index in [-0.39, 0.29) is 48.8 Å². The molecule has 1 atom stereocenters. The van der Waals surface area contributed by atoms with Gasteiger partial charge in [-0.05, 0) is 25.7 Å². The SMILES string of the molecule is CC(N)CC(=O)NCCS(=O)(=O)CC1CC1.Cl. The third-order valence-corrected chi connectivity index (χ3v) is 4.23. The van der Waals surface area contributed by atoms with Crippen LogP contribution in [0.5, 0.6) is 0 Å². The zero-order valence-electron chi connectivity index (χ0n) is 10.0. The van der Waals surface area contributed by atoms with Crippen molar-refractivity contribution in [3.8, 4) is 0 Å². The lowest BCUT2D eigenvalue weighted by Crippen LogP contribution is -2.33. The predicted octanol–water partition coefficient (Wildman–Crippen LogP) is 0.0865. The number of amides is 1. The van der Waals surface area contributed by atoms with Gasteiger partial charge in [-0.25, -0.2) is 8.42 Å². The van der Waals surface area contributed by atoms with E-state index in [0.29, 0.717) is 5.92 Å². The quantitative estimate of drug-likeness (QED) is 0.693. The Morgan fingerprint density at radius 3 is 2.53 bits per heavy atom. The van der Waals surface area contributed by atoms with Gasteiger partial charge >= 0.3 is 0 Å². The number of hydrogen-bond donors (Lipinski definition) is 2. The van der Waals surface area contributed by atoms with Crippen molar-refractivity contribution >= 4 is 28.2 Å². The predicted molar refractivity (Wildman–Crippen MR) is 69.9 cm³/mol. The van der Waals surface area contributed by atoms with Crippen molar-refractivity contribution in [3.05, 3.63) is 0 Å². The molecule has 1 amide bonds. The molecule has 17 heavy (non-hydrogen) atoms. The molecule has 0 saturated heterocycles. The van der Waals surface area contributed by atoms with E-state index in [1.165, 1.54) is 0 Å². The summed E-state index contributed by atoms with van der Waals surface area (Å²) in [5.74, 6) is 0.492. The zero-order chi connectivity index (χ0) is 12.2. The fraction of sp³-hybridized carbons (Fsp3) is 0.900. The van der Waals surface area contributed by atoms with Crippen LogP contribution in [0.4, 0.5) is 0 Å². The number of hydrogen-bond acceptors (Lipinski definition) is 4. The fourth-order valence-electron chi connectivity index (χ4n) is 1.44. The summed E-state index contributed by atoms with van der Waals surface area (Å²) in [7, 11) is -2.99. The van der Waals surface area contributed by atoms with Crippen molar-refractivity contribution in [2.24, 2.45) is 11.7 Å². The average Bonchev–Trinajstić information content (AvgIpc) is 2.85. The topological polar surface area (TPSA) is 89.3 Å². The van der Waals surface area contributed by atoms with Crippen molar-refractivity contribution in [2.45, 2.75) is 32.2 Å². The smallest absolute Gasteiger partial charge is 0.221 e. The summed E-state index contributed by atoms with van der Waals surface area (Å²) in [5.41, 5.74) is 5.45. The molecule has 102 valence electrons. The normalized spacial score (nSPS) is 17.1. The Kier molecular flexibility index (Phi) is 7.04. The van der Waals surface area contributed by atoms with E-state index in [4.69, 9.17) is 5.73 Å². The molecule has 1 aliphatic carbocycles. The average molecular weight is 285 g/mol. The van der Waals surface area contributed by atoms with Crippen molar-refractivity contribution in [2.75, 3.05) is 18.1 Å². The number of halogens is 1. The lowest BCUT2D eigenvalue weighted by Gasteiger charge is -2.07. The maximum atomic E-state index is 11.5. The van der Waals surface area contributed by atoms with Crippen molar-refractivity contribution in [1.82, 2.24) is 5.32 Å². The zero-order valence-corrected chi connectivity index (χ0v) is 11.6. The molecule has 0 aliphatic heterocycles. The number of sulfone groups is 1. The highest BCUT2D eigenvalue weighted by molar-refractivity contribution is 7.91. The summed E-state index contributed by atoms with van der Waals surface area (Å²) in [5, 5.41) is 2.57. The Balaban J connectivity index is 0.00000256. The second-order valence-electron chi connectivity index (χ2n) is 4.59. The highest BCUT2D eigenvalue weighted by atomic mass is 35.5. The first-order valence-corrected chi connectivity index (χ1v) is 7.44. The second-order valence-corrected chi connectivity index (χ2v) is 6.82. The van der Waals surface area contributed by atoms with Crippen LogP contribution in [0, 0.1) is 5.92 Å². The molecular weight excluding hydrogens is 264 g/mol. The van der Waals surface area contributed by atoms with E-state index in [1.807, 2.05) is 0 Å². The Morgan fingerprint density at radius 1 is 1.47 bits per heavy atom. The molecule has 3 N–H and O–H groups in total. The van der Waals surface area contributed by atoms with Gasteiger partial charge in [0, 0.05) is 19.0 Å². The second kappa shape index (κ2) is 7.18. The molecule has 0 spiro atoms. The molecule has 1 saturated carbocycles. The van der Waals surface area contributed by atoms with Gasteiger partial charge in [-0.2, -0.15) is 0 Å². The van der Waals surface area contributed by atoms with Crippen LogP contribution in [0.1, 0.15) is 26.2 Å². The highest BCUT2D eigenvalue weighted by Gasteiger charge is 2.27. The van der Waals surface area contributed by atoms with Gasteiger partial charge < -0.3 is 11.1 Å². The van der Waals surface area contributed by atoms with Gasteiger partial charge in [0.1, 0.15) is 0 Å². The first-order chi connectivity index (χ1) is 7.39. The Morgan fingerprint density at radius 2 is 2.06 bits per heavy atom. The summed E-state index contributed by atoms with van der Waals surface area (Å²) in [6.45, 7) is 1.93. The Bertz CT molecular complexity index is 339. The largest absolute Gasteiger partial charge is 0.355 e. The van der Waals surface area contributed by atoms with Gasteiger partial charge in [0.25, 0.3) is 0 Å². The van der Waals surface area contributed by atoms with Crippen LogP contribution in [0.3, 0.4) is 0 Å². The summed E-state index contributed by atoms with van der Waals surface area (Å²) >= 11 is 0. The molecule has 1 aliphatic rings. The monoisotopic (exact) mass is 284 g/mol. The third-order valence-electron chi connectivity index (χ3n) is 2.43. The van der Waals surface area contributed by atoms with Crippen LogP contribution in [0.15, 0.2) is 0 Å². The first-order valence-electron chi connectivity index (χ1n) is 5.62. The van der Waals surface area contributed by atoms with Gasteiger partial charge in [0.2, 0.25) is 5.91 Å². The summed E-state index contributed by atoms with van der Waals surface area (Å²) in [4.78, 5) is 11.2. The molecule has 1 unspecified atom stereocenters. The fourth-order valence-corrected chi connectivity index (χ4v) is 3.07. The molecule has 0 aromatic heterocycles. The molecular formula is C10H21ClN2O3S. The molecule has 0 bridgehead atoms. The minimum absolute atomic E-state index is 0. The first kappa shape index (κ1) is 16.7. The minimum Gasteiger partial charge on any atom is -0.355 e. The van der Waals surface area contributed by atoms with Gasteiger partial charge in [-0.15, -0.1) is 12.4 Å². The highest BCUT2D eigenvalue weighted by Crippen LogP contribution is 2.30. The van der Waals surface area contributed by atoms with E-state index in [0.717, 1.165) is 12.8 Å². The van der Waals surface area contributed by atoms with E-state index in [9.17, 15) is 13.2 Å². The van der Waals surface area contributed by atoms with Crippen LogP contribution in [0.25, 0.3) is 0 Å². The van der Waals surface area contributed by atoms with E-state index in [2.05, 4.69) is 5.32 Å². The van der Waals surface area contributed by atoms with Crippen LogP contribution < -0.4 is 11.1 Å². The lowest BCUT2D eigenvalue weighted by atomic mass is 10.2. The molecule has 1 rings (SSSR count). The maximum Gasteiger partial charge on any atom is 0.221 e. The Labute approximate surface area is 109 Å². The van der Waals surface area contributed by atoms with Crippen LogP contribution in [-0.4, -0.2) is 38.4 Å². The number of nitrogens with one attached hydrogen (secondary N) is 1. The van der Waals surface area contributed by atoms with E-state index >= 15 is 0 Å². The maximum absolute atomic E-state index is 11.5. The number of carbonyl (C=O) groups is 1. The Hall–Kier alpha value is -0.330. The van der Waals surface area contributed by atoms with E-state index in [1.54, 1.807) is 6.92 Å². The molecule has 0 radical (unpaired) electrons. The molecule has 5 nitrogen and oxygen atoms in total. The summed E-state index contributed by atoms with van der Waals surface area (Å²) in [6.07, 6.45) is 2.29. The van der Waals surface area contributed by atoms with Gasteiger partial charge in [0.15, 0.2) is 9.84 Å². The van der Waals surface area contributed by atoms with Gasteiger partial charge in [-0.1, -0.05) is 0 Å². The minimum atomic E-state index is -2.99. The third kappa shape index (κ3) is 8.40. The molecule has 1 fully saturated rings. The standard InChI is InChI=1S/C10H20N2O3S.ClH/c1-8(11)6-10(13)12-4-5-16(14,15)7-9-2-3-9;/h8-9H,2-7,11H2,1H3,(H,12,13);1H. The van der Waals surface area contributed by atoms with Gasteiger partial charge in [0.05, 0.1) is 11.5 Å². The summed E-state index contributed by atoms with van der Waals surface area (Å²) < 4.78 is 23.0. The molecule has 0 heterocycles.